The number of anilines is 1. The minimum absolute atomic E-state index is 0.0848. The SMILES string of the molecule is CCC(C)NC(=O)c1ccc(NC(=O)N2CCCC(OC)CC2)c(C)c1. The molecule has 2 N–H and O–H groups in total. The van der Waals surface area contributed by atoms with Gasteiger partial charge in [-0.2, -0.15) is 0 Å². The Kier molecular flexibility index (Phi) is 7.45. The van der Waals surface area contributed by atoms with Gasteiger partial charge in [-0.3, -0.25) is 4.79 Å². The maximum Gasteiger partial charge on any atom is 0.321 e. The number of carbonyl (C=O) groups excluding carboxylic acids is 2. The lowest BCUT2D eigenvalue weighted by atomic mass is 10.1. The highest BCUT2D eigenvalue weighted by molar-refractivity contribution is 5.96. The lowest BCUT2D eigenvalue weighted by Crippen LogP contribution is -2.36. The predicted octanol–water partition coefficient (Wildman–Crippen LogP) is 3.56. The number of ether oxygens (including phenoxy) is 1. The molecule has 1 aliphatic rings. The van der Waals surface area contributed by atoms with Gasteiger partial charge in [0.2, 0.25) is 0 Å². The smallest absolute Gasteiger partial charge is 0.321 e. The molecule has 0 spiro atoms. The van der Waals surface area contributed by atoms with Crippen LogP contribution < -0.4 is 10.6 Å². The first-order valence-electron chi connectivity index (χ1n) is 9.44. The van der Waals surface area contributed by atoms with Crippen LogP contribution in [0.1, 0.15) is 55.5 Å². The number of hydrogen-bond acceptors (Lipinski definition) is 3. The van der Waals surface area contributed by atoms with Crippen molar-refractivity contribution in [3.8, 4) is 0 Å². The summed E-state index contributed by atoms with van der Waals surface area (Å²) in [6, 6.07) is 5.41. The Morgan fingerprint density at radius 1 is 1.31 bits per heavy atom. The van der Waals surface area contributed by atoms with E-state index in [1.165, 1.54) is 0 Å². The first-order chi connectivity index (χ1) is 12.4. The van der Waals surface area contributed by atoms with E-state index in [1.807, 2.05) is 31.7 Å². The van der Waals surface area contributed by atoms with Crippen LogP contribution in [0.2, 0.25) is 0 Å². The van der Waals surface area contributed by atoms with Gasteiger partial charge in [0.1, 0.15) is 0 Å². The van der Waals surface area contributed by atoms with Crippen LogP contribution in [0.4, 0.5) is 10.5 Å². The first-order valence-corrected chi connectivity index (χ1v) is 9.44. The standard InChI is InChI=1S/C20H31N3O3/c1-5-15(3)21-19(24)16-8-9-18(14(2)13-16)22-20(25)23-11-6-7-17(26-4)10-12-23/h8-9,13,15,17H,5-7,10-12H2,1-4H3,(H,21,24)(H,22,25). The van der Waals surface area contributed by atoms with E-state index in [2.05, 4.69) is 10.6 Å². The first kappa shape index (κ1) is 20.2. The number of benzene rings is 1. The number of methoxy groups -OCH3 is 1. The van der Waals surface area contributed by atoms with Crippen LogP contribution in [0.3, 0.4) is 0 Å². The number of carbonyl (C=O) groups is 2. The lowest BCUT2D eigenvalue weighted by molar-refractivity contribution is 0.0908. The summed E-state index contributed by atoms with van der Waals surface area (Å²) in [4.78, 5) is 26.6. The van der Waals surface area contributed by atoms with E-state index in [0.717, 1.165) is 43.5 Å². The molecule has 2 rings (SSSR count). The molecule has 1 heterocycles. The van der Waals surface area contributed by atoms with Gasteiger partial charge < -0.3 is 20.3 Å². The second-order valence-electron chi connectivity index (χ2n) is 7.02. The number of nitrogens with one attached hydrogen (secondary N) is 2. The van der Waals surface area contributed by atoms with E-state index in [-0.39, 0.29) is 24.1 Å². The van der Waals surface area contributed by atoms with Crippen molar-refractivity contribution in [1.29, 1.82) is 0 Å². The van der Waals surface area contributed by atoms with Crippen molar-refractivity contribution in [3.63, 3.8) is 0 Å². The van der Waals surface area contributed by atoms with E-state index in [9.17, 15) is 9.59 Å². The largest absolute Gasteiger partial charge is 0.381 e. The van der Waals surface area contributed by atoms with Gasteiger partial charge in [0.25, 0.3) is 5.91 Å². The number of urea groups is 1. The molecule has 1 aliphatic heterocycles. The maximum absolute atomic E-state index is 12.6. The lowest BCUT2D eigenvalue weighted by Gasteiger charge is -2.22. The summed E-state index contributed by atoms with van der Waals surface area (Å²) < 4.78 is 5.41. The van der Waals surface area contributed by atoms with Crippen LogP contribution in [0, 0.1) is 6.92 Å². The fourth-order valence-electron chi connectivity index (χ4n) is 3.05. The molecule has 2 unspecified atom stereocenters. The van der Waals surface area contributed by atoms with Gasteiger partial charge in [0.15, 0.2) is 0 Å². The van der Waals surface area contributed by atoms with E-state index in [4.69, 9.17) is 4.74 Å². The van der Waals surface area contributed by atoms with Crippen LogP contribution in [-0.4, -0.2) is 49.2 Å². The molecule has 3 amide bonds. The van der Waals surface area contributed by atoms with Crippen LogP contribution in [-0.2, 0) is 4.74 Å². The van der Waals surface area contributed by atoms with Crippen molar-refractivity contribution in [2.45, 2.75) is 58.6 Å². The molecule has 0 saturated carbocycles. The zero-order valence-corrected chi connectivity index (χ0v) is 16.3. The summed E-state index contributed by atoms with van der Waals surface area (Å²) in [5.74, 6) is -0.0848. The van der Waals surface area contributed by atoms with Crippen molar-refractivity contribution >= 4 is 17.6 Å². The Labute approximate surface area is 156 Å². The molecule has 26 heavy (non-hydrogen) atoms. The van der Waals surface area contributed by atoms with Crippen LogP contribution in [0.25, 0.3) is 0 Å². The van der Waals surface area contributed by atoms with Crippen molar-refractivity contribution in [2.75, 3.05) is 25.5 Å². The van der Waals surface area contributed by atoms with E-state index < -0.39 is 0 Å². The molecule has 6 heteroatoms. The Balaban J connectivity index is 1.99. The molecule has 1 aromatic carbocycles. The van der Waals surface area contributed by atoms with Crippen molar-refractivity contribution in [2.24, 2.45) is 0 Å². The van der Waals surface area contributed by atoms with Crippen molar-refractivity contribution < 1.29 is 14.3 Å². The summed E-state index contributed by atoms with van der Waals surface area (Å²) in [5.41, 5.74) is 2.22. The second kappa shape index (κ2) is 9.57. The van der Waals surface area contributed by atoms with Gasteiger partial charge in [-0.25, -0.2) is 4.79 Å². The number of aryl methyl sites for hydroxylation is 1. The average molecular weight is 361 g/mol. The predicted molar refractivity (Wildman–Crippen MR) is 104 cm³/mol. The Hall–Kier alpha value is -2.08. The summed E-state index contributed by atoms with van der Waals surface area (Å²) >= 11 is 0. The third kappa shape index (κ3) is 5.46. The number of likely N-dealkylation sites (tertiary alicyclic amines) is 1. The minimum Gasteiger partial charge on any atom is -0.381 e. The second-order valence-corrected chi connectivity index (χ2v) is 7.02. The highest BCUT2D eigenvalue weighted by Crippen LogP contribution is 2.19. The highest BCUT2D eigenvalue weighted by Gasteiger charge is 2.21. The molecule has 0 aliphatic carbocycles. The molecular weight excluding hydrogens is 330 g/mol. The van der Waals surface area contributed by atoms with Gasteiger partial charge in [-0.15, -0.1) is 0 Å². The molecule has 0 bridgehead atoms. The fourth-order valence-corrected chi connectivity index (χ4v) is 3.05. The van der Waals surface area contributed by atoms with E-state index in [0.29, 0.717) is 12.1 Å². The van der Waals surface area contributed by atoms with Crippen molar-refractivity contribution in [1.82, 2.24) is 10.2 Å². The molecule has 6 nitrogen and oxygen atoms in total. The minimum atomic E-state index is -0.0957. The Morgan fingerprint density at radius 2 is 2.08 bits per heavy atom. The third-order valence-corrected chi connectivity index (χ3v) is 5.02. The molecule has 0 radical (unpaired) electrons. The number of nitrogens with zero attached hydrogens (tertiary/aromatic N) is 1. The van der Waals surface area contributed by atoms with Gasteiger partial charge in [0.05, 0.1) is 6.10 Å². The van der Waals surface area contributed by atoms with Gasteiger partial charge in [-0.1, -0.05) is 6.92 Å². The van der Waals surface area contributed by atoms with E-state index in [1.54, 1.807) is 19.2 Å². The molecule has 1 saturated heterocycles. The normalized spacial score (nSPS) is 18.8. The summed E-state index contributed by atoms with van der Waals surface area (Å²) in [6.45, 7) is 7.35. The molecule has 1 fully saturated rings. The highest BCUT2D eigenvalue weighted by atomic mass is 16.5. The third-order valence-electron chi connectivity index (χ3n) is 5.02. The summed E-state index contributed by atoms with van der Waals surface area (Å²) in [7, 11) is 1.72. The molecule has 0 aromatic heterocycles. The van der Waals surface area contributed by atoms with Crippen molar-refractivity contribution in [3.05, 3.63) is 29.3 Å². The zero-order chi connectivity index (χ0) is 19.1. The van der Waals surface area contributed by atoms with E-state index >= 15 is 0 Å². The number of rotatable bonds is 5. The summed E-state index contributed by atoms with van der Waals surface area (Å²) in [6.07, 6.45) is 3.91. The van der Waals surface area contributed by atoms with Crippen LogP contribution in [0.5, 0.6) is 0 Å². The average Bonchev–Trinajstić information content (AvgIpc) is 2.88. The molecular formula is C20H31N3O3. The van der Waals surface area contributed by atoms with Crippen LogP contribution >= 0.6 is 0 Å². The molecule has 2 atom stereocenters. The van der Waals surface area contributed by atoms with Crippen LogP contribution in [0.15, 0.2) is 18.2 Å². The topological polar surface area (TPSA) is 70.7 Å². The van der Waals surface area contributed by atoms with Gasteiger partial charge in [0, 0.05) is 37.5 Å². The quantitative estimate of drug-likeness (QED) is 0.842. The molecule has 144 valence electrons. The van der Waals surface area contributed by atoms with Gasteiger partial charge >= 0.3 is 6.03 Å². The monoisotopic (exact) mass is 361 g/mol. The summed E-state index contributed by atoms with van der Waals surface area (Å²) in [5, 5.41) is 5.93. The fraction of sp³-hybridized carbons (Fsp3) is 0.600. The Bertz CT molecular complexity index is 633. The zero-order valence-electron chi connectivity index (χ0n) is 16.3. The molecule has 1 aromatic rings. The Morgan fingerprint density at radius 3 is 2.73 bits per heavy atom. The number of amides is 3. The van der Waals surface area contributed by atoms with Gasteiger partial charge in [-0.05, 0) is 63.3 Å². The number of hydrogen-bond donors (Lipinski definition) is 2. The maximum atomic E-state index is 12.6.